The first-order valence-electron chi connectivity index (χ1n) is 9.62. The Bertz CT molecular complexity index is 1270. The number of amides is 2. The number of hydrogen-bond acceptors (Lipinski definition) is 5. The molecule has 6 nitrogen and oxygen atoms in total. The largest absolute Gasteiger partial charge is 0.322 e. The number of halogens is 1. The fourth-order valence-electron chi connectivity index (χ4n) is 2.85. The predicted octanol–water partition coefficient (Wildman–Crippen LogP) is 5.76. The molecule has 4 rings (SSSR count). The topological polar surface area (TPSA) is 84.0 Å². The number of nitrogens with zero attached hydrogens (tertiary/aromatic N) is 2. The molecule has 0 spiro atoms. The molecule has 2 amide bonds. The van der Waals surface area contributed by atoms with Crippen LogP contribution in [0.25, 0.3) is 16.6 Å². The molecule has 0 fully saturated rings. The van der Waals surface area contributed by atoms with Gasteiger partial charge in [-0.3, -0.25) is 14.9 Å². The Kier molecular flexibility index (Phi) is 6.69. The minimum absolute atomic E-state index is 0.317. The molecular weight excluding hydrogens is 444 g/mol. The second-order valence-corrected chi connectivity index (χ2v) is 8.07. The molecule has 1 aromatic heterocycles. The number of nitrogens with one attached hydrogen (secondary N) is 2. The van der Waals surface area contributed by atoms with Crippen LogP contribution in [0.4, 0.5) is 10.8 Å². The SMILES string of the molecule is O=C(/C=C/c1ccc(Cl)cc1)Nc1ccccc1C(=O)Nc1nnc(-c2ccccc2)s1. The molecular formula is C24H17ClN4O2S. The maximum absolute atomic E-state index is 12.8. The smallest absolute Gasteiger partial charge is 0.259 e. The first-order chi connectivity index (χ1) is 15.6. The van der Waals surface area contributed by atoms with Gasteiger partial charge in [-0.15, -0.1) is 10.2 Å². The van der Waals surface area contributed by atoms with Gasteiger partial charge in [0.05, 0.1) is 11.3 Å². The number of aromatic nitrogens is 2. The van der Waals surface area contributed by atoms with E-state index in [2.05, 4.69) is 20.8 Å². The van der Waals surface area contributed by atoms with Crippen molar-refractivity contribution in [3.8, 4) is 10.6 Å². The zero-order chi connectivity index (χ0) is 22.3. The number of carbonyl (C=O) groups excluding carboxylic acids is 2. The lowest BCUT2D eigenvalue weighted by Gasteiger charge is -2.09. The molecule has 8 heteroatoms. The third-order valence-electron chi connectivity index (χ3n) is 4.39. The minimum atomic E-state index is -0.390. The Morgan fingerprint density at radius 2 is 1.56 bits per heavy atom. The van der Waals surface area contributed by atoms with Crippen LogP contribution >= 0.6 is 22.9 Å². The molecule has 0 aliphatic rings. The highest BCUT2D eigenvalue weighted by atomic mass is 35.5. The van der Waals surface area contributed by atoms with E-state index in [1.165, 1.54) is 17.4 Å². The maximum atomic E-state index is 12.8. The van der Waals surface area contributed by atoms with Gasteiger partial charge in [0.2, 0.25) is 11.0 Å². The van der Waals surface area contributed by atoms with Crippen molar-refractivity contribution in [1.29, 1.82) is 0 Å². The Morgan fingerprint density at radius 1 is 0.844 bits per heavy atom. The van der Waals surface area contributed by atoms with Gasteiger partial charge in [0.15, 0.2) is 0 Å². The number of hydrogen-bond donors (Lipinski definition) is 2. The highest BCUT2D eigenvalue weighted by molar-refractivity contribution is 7.18. The third-order valence-corrected chi connectivity index (χ3v) is 5.53. The third kappa shape index (κ3) is 5.46. The van der Waals surface area contributed by atoms with Gasteiger partial charge in [-0.2, -0.15) is 0 Å². The van der Waals surface area contributed by atoms with Crippen molar-refractivity contribution in [2.24, 2.45) is 0 Å². The van der Waals surface area contributed by atoms with Gasteiger partial charge in [0.1, 0.15) is 5.01 Å². The zero-order valence-corrected chi connectivity index (χ0v) is 18.2. The summed E-state index contributed by atoms with van der Waals surface area (Å²) in [6, 6.07) is 23.5. The summed E-state index contributed by atoms with van der Waals surface area (Å²) < 4.78 is 0. The molecule has 2 N–H and O–H groups in total. The molecule has 0 radical (unpaired) electrons. The van der Waals surface area contributed by atoms with Crippen LogP contribution in [-0.4, -0.2) is 22.0 Å². The lowest BCUT2D eigenvalue weighted by molar-refractivity contribution is -0.111. The van der Waals surface area contributed by atoms with Gasteiger partial charge in [-0.05, 0) is 35.9 Å². The number of carbonyl (C=O) groups is 2. The lowest BCUT2D eigenvalue weighted by atomic mass is 10.1. The summed E-state index contributed by atoms with van der Waals surface area (Å²) in [5.41, 5.74) is 2.47. The highest BCUT2D eigenvalue weighted by Gasteiger charge is 2.15. The van der Waals surface area contributed by atoms with E-state index < -0.39 is 5.91 Å². The molecule has 158 valence electrons. The van der Waals surface area contributed by atoms with Crippen LogP contribution in [-0.2, 0) is 4.79 Å². The van der Waals surface area contributed by atoms with Gasteiger partial charge in [-0.25, -0.2) is 0 Å². The molecule has 0 bridgehead atoms. The van der Waals surface area contributed by atoms with Gasteiger partial charge >= 0.3 is 0 Å². The van der Waals surface area contributed by atoms with E-state index in [4.69, 9.17) is 11.6 Å². The van der Waals surface area contributed by atoms with Gasteiger partial charge in [0, 0.05) is 16.7 Å². The Hall–Kier alpha value is -3.81. The van der Waals surface area contributed by atoms with E-state index in [-0.39, 0.29) is 5.91 Å². The number of anilines is 2. The second kappa shape index (κ2) is 10.00. The predicted molar refractivity (Wildman–Crippen MR) is 129 cm³/mol. The molecule has 0 unspecified atom stereocenters. The van der Waals surface area contributed by atoms with Crippen molar-refractivity contribution in [2.45, 2.75) is 0 Å². The van der Waals surface area contributed by atoms with Gasteiger partial charge in [0.25, 0.3) is 5.91 Å². The number of para-hydroxylation sites is 1. The fourth-order valence-corrected chi connectivity index (χ4v) is 3.72. The quantitative estimate of drug-likeness (QED) is 0.358. The van der Waals surface area contributed by atoms with Crippen LogP contribution in [0.2, 0.25) is 5.02 Å². The molecule has 0 aliphatic carbocycles. The summed E-state index contributed by atoms with van der Waals surface area (Å²) in [7, 11) is 0. The van der Waals surface area contributed by atoms with E-state index in [9.17, 15) is 9.59 Å². The van der Waals surface area contributed by atoms with E-state index in [0.717, 1.165) is 11.1 Å². The summed E-state index contributed by atoms with van der Waals surface area (Å²) in [6.07, 6.45) is 3.06. The molecule has 0 atom stereocenters. The van der Waals surface area contributed by atoms with Crippen molar-refractivity contribution >= 4 is 51.6 Å². The monoisotopic (exact) mass is 460 g/mol. The molecule has 1 heterocycles. The highest BCUT2D eigenvalue weighted by Crippen LogP contribution is 2.27. The maximum Gasteiger partial charge on any atom is 0.259 e. The van der Waals surface area contributed by atoms with Crippen LogP contribution in [0.1, 0.15) is 15.9 Å². The van der Waals surface area contributed by atoms with E-state index >= 15 is 0 Å². The van der Waals surface area contributed by atoms with E-state index in [1.54, 1.807) is 54.6 Å². The minimum Gasteiger partial charge on any atom is -0.322 e. The second-order valence-electron chi connectivity index (χ2n) is 6.65. The molecule has 0 saturated heterocycles. The van der Waals surface area contributed by atoms with Crippen LogP contribution in [0, 0.1) is 0 Å². The molecule has 3 aromatic carbocycles. The Labute approximate surface area is 193 Å². The normalized spacial score (nSPS) is 10.8. The van der Waals surface area contributed by atoms with Crippen molar-refractivity contribution in [3.63, 3.8) is 0 Å². The molecule has 4 aromatic rings. The summed E-state index contributed by atoms with van der Waals surface area (Å²) in [5, 5.41) is 15.4. The average molecular weight is 461 g/mol. The Balaban J connectivity index is 1.44. The van der Waals surface area contributed by atoms with Crippen LogP contribution in [0.15, 0.2) is 84.9 Å². The Morgan fingerprint density at radius 3 is 2.34 bits per heavy atom. The fraction of sp³-hybridized carbons (Fsp3) is 0. The summed E-state index contributed by atoms with van der Waals surface area (Å²) >= 11 is 7.14. The molecule has 32 heavy (non-hydrogen) atoms. The summed E-state index contributed by atoms with van der Waals surface area (Å²) in [4.78, 5) is 25.2. The number of rotatable bonds is 6. The number of benzene rings is 3. The zero-order valence-electron chi connectivity index (χ0n) is 16.7. The van der Waals surface area contributed by atoms with Crippen LogP contribution < -0.4 is 10.6 Å². The van der Waals surface area contributed by atoms with Crippen molar-refractivity contribution in [1.82, 2.24) is 10.2 Å². The average Bonchev–Trinajstić information content (AvgIpc) is 3.28. The van der Waals surface area contributed by atoms with Crippen LogP contribution in [0.3, 0.4) is 0 Å². The van der Waals surface area contributed by atoms with Crippen molar-refractivity contribution in [2.75, 3.05) is 10.6 Å². The van der Waals surface area contributed by atoms with Crippen LogP contribution in [0.5, 0.6) is 0 Å². The van der Waals surface area contributed by atoms with Crippen molar-refractivity contribution < 1.29 is 9.59 Å². The van der Waals surface area contributed by atoms with E-state index in [1.807, 2.05) is 30.3 Å². The lowest BCUT2D eigenvalue weighted by Crippen LogP contribution is -2.16. The first kappa shape index (κ1) is 21.4. The molecule has 0 saturated carbocycles. The molecule has 0 aliphatic heterocycles. The summed E-state index contributed by atoms with van der Waals surface area (Å²) in [5.74, 6) is -0.749. The first-order valence-corrected chi connectivity index (χ1v) is 10.8. The van der Waals surface area contributed by atoms with Crippen molar-refractivity contribution in [3.05, 3.63) is 101 Å². The van der Waals surface area contributed by atoms with E-state index in [0.29, 0.717) is 26.4 Å². The standard InChI is InChI=1S/C24H17ClN4O2S/c25-18-13-10-16(11-14-18)12-15-21(30)26-20-9-5-4-8-19(20)22(31)27-24-29-28-23(32-24)17-6-2-1-3-7-17/h1-15H,(H,26,30)(H,27,29,31)/b15-12+. The van der Waals surface area contributed by atoms with Gasteiger partial charge in [-0.1, -0.05) is 77.5 Å². The summed E-state index contributed by atoms with van der Waals surface area (Å²) in [6.45, 7) is 0. The van der Waals surface area contributed by atoms with Gasteiger partial charge < -0.3 is 5.32 Å².